The van der Waals surface area contributed by atoms with E-state index in [0.717, 1.165) is 17.1 Å². The van der Waals surface area contributed by atoms with Crippen molar-refractivity contribution >= 4 is 11.6 Å². The average Bonchev–Trinajstić information content (AvgIpc) is 2.76. The van der Waals surface area contributed by atoms with Crippen molar-refractivity contribution in [1.82, 2.24) is 14.9 Å². The van der Waals surface area contributed by atoms with E-state index in [1.807, 2.05) is 36.9 Å². The molecule has 0 amide bonds. The van der Waals surface area contributed by atoms with Gasteiger partial charge in [-0.25, -0.2) is 4.98 Å². The highest BCUT2D eigenvalue weighted by Gasteiger charge is 2.11. The Bertz CT molecular complexity index is 553. The molecule has 0 saturated carbocycles. The SMILES string of the molecule is CNC(C)c1ccccc1OCc1ncc(Cl)n1C. The number of imidazole rings is 1. The number of benzene rings is 1. The Kier molecular flexibility index (Phi) is 4.45. The summed E-state index contributed by atoms with van der Waals surface area (Å²) in [6.07, 6.45) is 1.63. The van der Waals surface area contributed by atoms with E-state index in [-0.39, 0.29) is 6.04 Å². The van der Waals surface area contributed by atoms with E-state index in [1.54, 1.807) is 6.20 Å². The first-order valence-electron chi connectivity index (χ1n) is 6.18. The third kappa shape index (κ3) is 3.08. The zero-order valence-electron chi connectivity index (χ0n) is 11.4. The molecular formula is C14H18ClN3O. The molecule has 4 nitrogen and oxygen atoms in total. The van der Waals surface area contributed by atoms with E-state index in [2.05, 4.69) is 23.3 Å². The molecule has 1 aromatic heterocycles. The summed E-state index contributed by atoms with van der Waals surface area (Å²) in [7, 11) is 3.80. The summed E-state index contributed by atoms with van der Waals surface area (Å²) in [5, 5.41) is 3.82. The van der Waals surface area contributed by atoms with Crippen molar-refractivity contribution < 1.29 is 4.74 Å². The van der Waals surface area contributed by atoms with Crippen LogP contribution in [0.25, 0.3) is 0 Å². The van der Waals surface area contributed by atoms with Crippen LogP contribution < -0.4 is 10.1 Å². The summed E-state index contributed by atoms with van der Waals surface area (Å²) in [5.74, 6) is 1.67. The van der Waals surface area contributed by atoms with E-state index in [9.17, 15) is 0 Å². The molecule has 1 heterocycles. The van der Waals surface area contributed by atoms with Crippen LogP contribution in [0.1, 0.15) is 24.4 Å². The van der Waals surface area contributed by atoms with Gasteiger partial charge in [-0.15, -0.1) is 0 Å². The lowest BCUT2D eigenvalue weighted by atomic mass is 10.1. The van der Waals surface area contributed by atoms with Crippen LogP contribution in [0.5, 0.6) is 5.75 Å². The van der Waals surface area contributed by atoms with Crippen molar-refractivity contribution in [1.29, 1.82) is 0 Å². The van der Waals surface area contributed by atoms with Crippen molar-refractivity contribution in [3.8, 4) is 5.75 Å². The zero-order valence-corrected chi connectivity index (χ0v) is 12.1. The molecule has 19 heavy (non-hydrogen) atoms. The quantitative estimate of drug-likeness (QED) is 0.915. The summed E-state index contributed by atoms with van der Waals surface area (Å²) in [6.45, 7) is 2.50. The van der Waals surface area contributed by atoms with Gasteiger partial charge in [-0.3, -0.25) is 0 Å². The third-order valence-electron chi connectivity index (χ3n) is 3.20. The minimum Gasteiger partial charge on any atom is -0.485 e. The fourth-order valence-corrected chi connectivity index (χ4v) is 1.97. The lowest BCUT2D eigenvalue weighted by Crippen LogP contribution is -2.14. The number of hydrogen-bond donors (Lipinski definition) is 1. The van der Waals surface area contributed by atoms with E-state index in [1.165, 1.54) is 0 Å². The minimum atomic E-state index is 0.237. The Balaban J connectivity index is 2.13. The van der Waals surface area contributed by atoms with Gasteiger partial charge in [0, 0.05) is 18.7 Å². The molecule has 0 aliphatic carbocycles. The average molecular weight is 280 g/mol. The van der Waals surface area contributed by atoms with Gasteiger partial charge in [-0.2, -0.15) is 0 Å². The van der Waals surface area contributed by atoms with Gasteiger partial charge in [0.15, 0.2) is 0 Å². The monoisotopic (exact) mass is 279 g/mol. The molecule has 0 saturated heterocycles. The Morgan fingerprint density at radius 2 is 2.16 bits per heavy atom. The molecule has 0 aliphatic heterocycles. The van der Waals surface area contributed by atoms with Gasteiger partial charge in [0.05, 0.1) is 6.20 Å². The van der Waals surface area contributed by atoms with Crippen LogP contribution in [0.4, 0.5) is 0 Å². The predicted octanol–water partition coefficient (Wildman–Crippen LogP) is 2.93. The Morgan fingerprint density at radius 1 is 1.42 bits per heavy atom. The standard InChI is InChI=1S/C14H18ClN3O/c1-10(16-2)11-6-4-5-7-12(11)19-9-14-17-8-13(15)18(14)3/h4-8,10,16H,9H2,1-3H3. The van der Waals surface area contributed by atoms with Crippen LogP contribution in [-0.2, 0) is 13.7 Å². The molecule has 2 rings (SSSR count). The van der Waals surface area contributed by atoms with Gasteiger partial charge >= 0.3 is 0 Å². The Hall–Kier alpha value is -1.52. The fourth-order valence-electron chi connectivity index (χ4n) is 1.83. The number of aromatic nitrogens is 2. The lowest BCUT2D eigenvalue weighted by molar-refractivity contribution is 0.286. The molecule has 1 aromatic carbocycles. The normalized spacial score (nSPS) is 12.4. The van der Waals surface area contributed by atoms with E-state index < -0.39 is 0 Å². The smallest absolute Gasteiger partial charge is 0.147 e. The van der Waals surface area contributed by atoms with E-state index >= 15 is 0 Å². The summed E-state index contributed by atoms with van der Waals surface area (Å²) in [5.41, 5.74) is 1.13. The van der Waals surface area contributed by atoms with Gasteiger partial charge in [0.2, 0.25) is 0 Å². The highest BCUT2D eigenvalue weighted by Crippen LogP contribution is 2.25. The largest absolute Gasteiger partial charge is 0.485 e. The van der Waals surface area contributed by atoms with Crippen LogP contribution in [0.15, 0.2) is 30.5 Å². The molecule has 0 bridgehead atoms. The molecule has 0 aliphatic rings. The molecule has 0 spiro atoms. The number of nitrogens with zero attached hydrogens (tertiary/aromatic N) is 2. The molecule has 102 valence electrons. The second-order valence-electron chi connectivity index (χ2n) is 4.39. The minimum absolute atomic E-state index is 0.237. The molecule has 0 fully saturated rings. The van der Waals surface area contributed by atoms with Crippen LogP contribution in [-0.4, -0.2) is 16.6 Å². The predicted molar refractivity (Wildman–Crippen MR) is 76.5 cm³/mol. The van der Waals surface area contributed by atoms with Gasteiger partial charge in [0.25, 0.3) is 0 Å². The molecule has 1 unspecified atom stereocenters. The van der Waals surface area contributed by atoms with Gasteiger partial charge in [-0.05, 0) is 20.0 Å². The Morgan fingerprint density at radius 3 is 2.79 bits per heavy atom. The second-order valence-corrected chi connectivity index (χ2v) is 4.78. The maximum atomic E-state index is 5.95. The summed E-state index contributed by atoms with van der Waals surface area (Å²) < 4.78 is 7.67. The van der Waals surface area contributed by atoms with Crippen molar-refractivity contribution in [3.63, 3.8) is 0 Å². The number of nitrogens with one attached hydrogen (secondary N) is 1. The first kappa shape index (κ1) is 13.9. The third-order valence-corrected chi connectivity index (χ3v) is 3.55. The first-order valence-corrected chi connectivity index (χ1v) is 6.56. The number of ether oxygens (including phenoxy) is 1. The van der Waals surface area contributed by atoms with Crippen LogP contribution >= 0.6 is 11.6 Å². The maximum Gasteiger partial charge on any atom is 0.147 e. The summed E-state index contributed by atoms with van der Waals surface area (Å²) >= 11 is 5.95. The number of para-hydroxylation sites is 1. The van der Waals surface area contributed by atoms with Crippen molar-refractivity contribution in [2.75, 3.05) is 7.05 Å². The zero-order chi connectivity index (χ0) is 13.8. The van der Waals surface area contributed by atoms with Gasteiger partial charge in [-0.1, -0.05) is 29.8 Å². The summed E-state index contributed by atoms with van der Waals surface area (Å²) in [6, 6.07) is 8.23. The van der Waals surface area contributed by atoms with E-state index in [0.29, 0.717) is 11.8 Å². The molecule has 2 aromatic rings. The van der Waals surface area contributed by atoms with E-state index in [4.69, 9.17) is 16.3 Å². The van der Waals surface area contributed by atoms with Gasteiger partial charge in [0.1, 0.15) is 23.3 Å². The van der Waals surface area contributed by atoms with Crippen LogP contribution in [0.2, 0.25) is 5.15 Å². The summed E-state index contributed by atoms with van der Waals surface area (Å²) in [4.78, 5) is 4.22. The highest BCUT2D eigenvalue weighted by atomic mass is 35.5. The van der Waals surface area contributed by atoms with Gasteiger partial charge < -0.3 is 14.6 Å². The number of hydrogen-bond acceptors (Lipinski definition) is 3. The molecule has 0 radical (unpaired) electrons. The maximum absolute atomic E-state index is 5.95. The molecule has 5 heteroatoms. The molecule has 1 atom stereocenters. The fraction of sp³-hybridized carbons (Fsp3) is 0.357. The van der Waals surface area contributed by atoms with Crippen molar-refractivity contribution in [2.24, 2.45) is 7.05 Å². The van der Waals surface area contributed by atoms with Crippen LogP contribution in [0.3, 0.4) is 0 Å². The second kappa shape index (κ2) is 6.08. The van der Waals surface area contributed by atoms with Crippen molar-refractivity contribution in [2.45, 2.75) is 19.6 Å². The number of halogens is 1. The first-order chi connectivity index (χ1) is 9.13. The van der Waals surface area contributed by atoms with Crippen molar-refractivity contribution in [3.05, 3.63) is 47.0 Å². The number of rotatable bonds is 5. The highest BCUT2D eigenvalue weighted by molar-refractivity contribution is 6.29. The topological polar surface area (TPSA) is 39.1 Å². The molecule has 1 N–H and O–H groups in total. The van der Waals surface area contributed by atoms with Crippen LogP contribution in [0, 0.1) is 0 Å². The molecular weight excluding hydrogens is 262 g/mol. The Labute approximate surface area is 118 Å². The lowest BCUT2D eigenvalue weighted by Gasteiger charge is -2.16.